The molecule has 0 amide bonds. The number of hydrogen-bond acceptors (Lipinski definition) is 3. The number of benzene rings is 1. The molecule has 1 aromatic carbocycles. The standard InChI is InChI=1S/C12H17N3/c1-10(2)14-7-8-15-12-6-4-3-5-11(12)9-13/h3-6,10,14-15H,7-8H2,1-2H3. The Balaban J connectivity index is 2.41. The van der Waals surface area contributed by atoms with Gasteiger partial charge in [-0.25, -0.2) is 0 Å². The van der Waals surface area contributed by atoms with Gasteiger partial charge in [0.2, 0.25) is 0 Å². The van der Waals surface area contributed by atoms with E-state index in [1.165, 1.54) is 0 Å². The molecule has 0 aliphatic carbocycles. The van der Waals surface area contributed by atoms with Crippen LogP contribution in [0.3, 0.4) is 0 Å². The van der Waals surface area contributed by atoms with Crippen molar-refractivity contribution in [2.45, 2.75) is 19.9 Å². The molecule has 80 valence electrons. The molecule has 0 saturated carbocycles. The molecular formula is C12H17N3. The number of nitrogens with one attached hydrogen (secondary N) is 2. The maximum absolute atomic E-state index is 8.86. The van der Waals surface area contributed by atoms with Gasteiger partial charge in [-0.15, -0.1) is 0 Å². The molecule has 0 heterocycles. The van der Waals surface area contributed by atoms with E-state index in [2.05, 4.69) is 30.6 Å². The highest BCUT2D eigenvalue weighted by molar-refractivity contribution is 5.57. The van der Waals surface area contributed by atoms with E-state index < -0.39 is 0 Å². The molecule has 1 rings (SSSR count). The molecule has 1 aromatic rings. The summed E-state index contributed by atoms with van der Waals surface area (Å²) < 4.78 is 0. The van der Waals surface area contributed by atoms with Crippen LogP contribution in [-0.2, 0) is 0 Å². The van der Waals surface area contributed by atoms with E-state index in [4.69, 9.17) is 5.26 Å². The van der Waals surface area contributed by atoms with Crippen LogP contribution >= 0.6 is 0 Å². The van der Waals surface area contributed by atoms with Gasteiger partial charge in [0.05, 0.1) is 11.3 Å². The summed E-state index contributed by atoms with van der Waals surface area (Å²) in [6.07, 6.45) is 0. The second-order valence-corrected chi connectivity index (χ2v) is 3.69. The summed E-state index contributed by atoms with van der Waals surface area (Å²) in [4.78, 5) is 0. The highest BCUT2D eigenvalue weighted by Crippen LogP contribution is 2.12. The quantitative estimate of drug-likeness (QED) is 0.719. The third-order valence-corrected chi connectivity index (χ3v) is 2.04. The number of hydrogen-bond donors (Lipinski definition) is 2. The topological polar surface area (TPSA) is 47.8 Å². The van der Waals surface area contributed by atoms with Crippen LogP contribution in [-0.4, -0.2) is 19.1 Å². The van der Waals surface area contributed by atoms with Crippen LogP contribution in [0.5, 0.6) is 0 Å². The van der Waals surface area contributed by atoms with Gasteiger partial charge in [0.1, 0.15) is 6.07 Å². The first-order valence-corrected chi connectivity index (χ1v) is 5.20. The zero-order valence-corrected chi connectivity index (χ0v) is 9.25. The first-order valence-electron chi connectivity index (χ1n) is 5.20. The van der Waals surface area contributed by atoms with Crippen LogP contribution in [0.15, 0.2) is 24.3 Å². The molecule has 0 atom stereocenters. The predicted molar refractivity (Wildman–Crippen MR) is 62.8 cm³/mol. The molecule has 0 radical (unpaired) electrons. The van der Waals surface area contributed by atoms with Crippen LogP contribution in [0.1, 0.15) is 19.4 Å². The van der Waals surface area contributed by atoms with Crippen molar-refractivity contribution < 1.29 is 0 Å². The van der Waals surface area contributed by atoms with E-state index >= 15 is 0 Å². The molecule has 0 aliphatic rings. The van der Waals surface area contributed by atoms with Gasteiger partial charge < -0.3 is 10.6 Å². The highest BCUT2D eigenvalue weighted by Gasteiger charge is 1.98. The van der Waals surface area contributed by atoms with E-state index in [1.54, 1.807) is 0 Å². The molecular weight excluding hydrogens is 186 g/mol. The average molecular weight is 203 g/mol. The number of nitrogens with zero attached hydrogens (tertiary/aromatic N) is 1. The van der Waals surface area contributed by atoms with Crippen molar-refractivity contribution >= 4 is 5.69 Å². The first kappa shape index (κ1) is 11.5. The largest absolute Gasteiger partial charge is 0.383 e. The van der Waals surface area contributed by atoms with Crippen molar-refractivity contribution in [1.82, 2.24) is 5.32 Å². The summed E-state index contributed by atoms with van der Waals surface area (Å²) in [5.41, 5.74) is 1.60. The van der Waals surface area contributed by atoms with Gasteiger partial charge in [-0.2, -0.15) is 5.26 Å². The second-order valence-electron chi connectivity index (χ2n) is 3.69. The normalized spacial score (nSPS) is 10.0. The zero-order valence-electron chi connectivity index (χ0n) is 9.25. The van der Waals surface area contributed by atoms with Crippen molar-refractivity contribution in [2.24, 2.45) is 0 Å². The van der Waals surface area contributed by atoms with Gasteiger partial charge in [-0.3, -0.25) is 0 Å². The Morgan fingerprint density at radius 3 is 2.67 bits per heavy atom. The van der Waals surface area contributed by atoms with Crippen LogP contribution in [0, 0.1) is 11.3 Å². The Morgan fingerprint density at radius 1 is 1.27 bits per heavy atom. The maximum Gasteiger partial charge on any atom is 0.101 e. The van der Waals surface area contributed by atoms with E-state index in [9.17, 15) is 0 Å². The van der Waals surface area contributed by atoms with Crippen molar-refractivity contribution in [3.05, 3.63) is 29.8 Å². The lowest BCUT2D eigenvalue weighted by molar-refractivity contribution is 0.602. The lowest BCUT2D eigenvalue weighted by Gasteiger charge is -2.10. The molecule has 0 bridgehead atoms. The summed E-state index contributed by atoms with van der Waals surface area (Å²) >= 11 is 0. The molecule has 15 heavy (non-hydrogen) atoms. The van der Waals surface area contributed by atoms with Crippen molar-refractivity contribution in [1.29, 1.82) is 5.26 Å². The Kier molecular flexibility index (Phi) is 4.65. The maximum atomic E-state index is 8.86. The van der Waals surface area contributed by atoms with Crippen LogP contribution < -0.4 is 10.6 Å². The number of para-hydroxylation sites is 1. The highest BCUT2D eigenvalue weighted by atomic mass is 15.0. The van der Waals surface area contributed by atoms with Gasteiger partial charge in [0, 0.05) is 19.1 Å². The second kappa shape index (κ2) is 6.05. The molecule has 2 N–H and O–H groups in total. The lowest BCUT2D eigenvalue weighted by atomic mass is 10.2. The fraction of sp³-hybridized carbons (Fsp3) is 0.417. The zero-order chi connectivity index (χ0) is 11.1. The summed E-state index contributed by atoms with van der Waals surface area (Å²) in [5.74, 6) is 0. The fourth-order valence-corrected chi connectivity index (χ4v) is 1.29. The summed E-state index contributed by atoms with van der Waals surface area (Å²) in [6.45, 7) is 5.96. The van der Waals surface area contributed by atoms with Crippen molar-refractivity contribution in [2.75, 3.05) is 18.4 Å². The van der Waals surface area contributed by atoms with E-state index in [1.807, 2.05) is 24.3 Å². The molecule has 0 aromatic heterocycles. The molecule has 0 aliphatic heterocycles. The van der Waals surface area contributed by atoms with Gasteiger partial charge in [0.15, 0.2) is 0 Å². The van der Waals surface area contributed by atoms with Gasteiger partial charge in [-0.1, -0.05) is 26.0 Å². The van der Waals surface area contributed by atoms with Crippen molar-refractivity contribution in [3.8, 4) is 6.07 Å². The number of rotatable bonds is 5. The summed E-state index contributed by atoms with van der Waals surface area (Å²) in [6, 6.07) is 10.2. The SMILES string of the molecule is CC(C)NCCNc1ccccc1C#N. The number of anilines is 1. The van der Waals surface area contributed by atoms with Gasteiger partial charge in [0.25, 0.3) is 0 Å². The van der Waals surface area contributed by atoms with Crippen LogP contribution in [0.25, 0.3) is 0 Å². The molecule has 0 unspecified atom stereocenters. The van der Waals surface area contributed by atoms with Crippen LogP contribution in [0.2, 0.25) is 0 Å². The van der Waals surface area contributed by atoms with Gasteiger partial charge in [-0.05, 0) is 12.1 Å². The third kappa shape index (κ3) is 4.01. The minimum absolute atomic E-state index is 0.498. The predicted octanol–water partition coefficient (Wildman–Crippen LogP) is 1.97. The van der Waals surface area contributed by atoms with E-state index in [0.717, 1.165) is 18.8 Å². The smallest absolute Gasteiger partial charge is 0.101 e. The fourth-order valence-electron chi connectivity index (χ4n) is 1.29. The molecule has 3 nitrogen and oxygen atoms in total. The first-order chi connectivity index (χ1) is 7.24. The Labute approximate surface area is 91.1 Å². The van der Waals surface area contributed by atoms with E-state index in [-0.39, 0.29) is 0 Å². The monoisotopic (exact) mass is 203 g/mol. The number of nitriles is 1. The van der Waals surface area contributed by atoms with Crippen molar-refractivity contribution in [3.63, 3.8) is 0 Å². The minimum Gasteiger partial charge on any atom is -0.383 e. The Hall–Kier alpha value is -1.53. The molecule has 3 heteroatoms. The third-order valence-electron chi connectivity index (χ3n) is 2.04. The summed E-state index contributed by atoms with van der Waals surface area (Å²) in [5, 5.41) is 15.4. The Morgan fingerprint density at radius 2 is 2.00 bits per heavy atom. The van der Waals surface area contributed by atoms with E-state index in [0.29, 0.717) is 11.6 Å². The van der Waals surface area contributed by atoms with Crippen LogP contribution in [0.4, 0.5) is 5.69 Å². The molecule has 0 fully saturated rings. The minimum atomic E-state index is 0.498. The molecule has 0 saturated heterocycles. The lowest BCUT2D eigenvalue weighted by Crippen LogP contribution is -2.28. The average Bonchev–Trinajstić information content (AvgIpc) is 2.24. The molecule has 0 spiro atoms. The van der Waals surface area contributed by atoms with Gasteiger partial charge >= 0.3 is 0 Å². The summed E-state index contributed by atoms with van der Waals surface area (Å²) in [7, 11) is 0. The Bertz CT molecular complexity index is 339.